The zero-order chi connectivity index (χ0) is 32.6. The Balaban J connectivity index is 2.53. The number of likely N-dealkylation sites (N-methyl/N-ethyl adjacent to an activating group) is 1. The fraction of sp³-hybridized carbons (Fsp3) is 0.974. The minimum Gasteiger partial charge on any atom is -0.392 e. The minimum atomic E-state index is -0.872. The number of nitrogens with zero attached hydrogens (tertiary/aromatic N) is 2. The summed E-state index contributed by atoms with van der Waals surface area (Å²) in [5, 5.41) is 11.5. The van der Waals surface area contributed by atoms with Gasteiger partial charge in [0.1, 0.15) is 11.3 Å². The first-order valence-electron chi connectivity index (χ1n) is 18.4. The van der Waals surface area contributed by atoms with Crippen LogP contribution in [0.1, 0.15) is 185 Å². The number of hydrogen-bond donors (Lipinski definition) is 1. The second-order valence-corrected chi connectivity index (χ2v) is 16.7. The van der Waals surface area contributed by atoms with E-state index in [0.29, 0.717) is 19.4 Å². The summed E-state index contributed by atoms with van der Waals surface area (Å²) in [4.78, 5) is 18.5. The Morgan fingerprint density at radius 2 is 1.21 bits per heavy atom. The molecule has 1 aliphatic heterocycles. The molecule has 5 nitrogen and oxygen atoms in total. The Hall–Kier alpha value is -0.490. The highest BCUT2D eigenvalue weighted by molar-refractivity contribution is 5.64. The zero-order valence-electron chi connectivity index (χ0n) is 30.7. The van der Waals surface area contributed by atoms with Gasteiger partial charge in [-0.25, -0.2) is 0 Å². The summed E-state index contributed by atoms with van der Waals surface area (Å²) >= 11 is 0. The molecule has 2 rings (SSSR count). The van der Waals surface area contributed by atoms with E-state index in [9.17, 15) is 9.90 Å². The van der Waals surface area contributed by atoms with E-state index in [4.69, 9.17) is 4.74 Å². The molecule has 1 aliphatic carbocycles. The number of aliphatic hydroxyl groups is 1. The number of hydrogen-bond acceptors (Lipinski definition) is 5. The average molecular weight is 607 g/mol. The van der Waals surface area contributed by atoms with Gasteiger partial charge in [-0.15, -0.1) is 0 Å². The Morgan fingerprint density at radius 1 is 0.791 bits per heavy atom. The number of carbonyl (C=O) groups excluding carboxylic acids is 1. The number of aldehydes is 1. The topological polar surface area (TPSA) is 53.0 Å². The van der Waals surface area contributed by atoms with Crippen molar-refractivity contribution in [3.8, 4) is 0 Å². The van der Waals surface area contributed by atoms with Crippen molar-refractivity contribution in [2.45, 2.75) is 219 Å². The fourth-order valence-electron chi connectivity index (χ4n) is 9.47. The number of piperidine rings is 1. The van der Waals surface area contributed by atoms with Crippen LogP contribution in [-0.4, -0.2) is 68.8 Å². The van der Waals surface area contributed by atoms with Crippen LogP contribution in [0.3, 0.4) is 0 Å². The Labute approximate surface area is 268 Å². The molecular weight excluding hydrogens is 532 g/mol. The smallest absolute Gasteiger partial charge is 0.152 e. The second-order valence-electron chi connectivity index (χ2n) is 16.7. The van der Waals surface area contributed by atoms with Gasteiger partial charge >= 0.3 is 0 Å². The molecule has 0 aromatic carbocycles. The summed E-state index contributed by atoms with van der Waals surface area (Å²) in [6, 6.07) is 0. The molecule has 1 N–H and O–H groups in total. The summed E-state index contributed by atoms with van der Waals surface area (Å²) in [5.41, 5.74) is -1.67. The maximum Gasteiger partial charge on any atom is 0.152 e. The van der Waals surface area contributed by atoms with E-state index in [1.165, 1.54) is 51.2 Å². The van der Waals surface area contributed by atoms with Crippen LogP contribution in [0.15, 0.2) is 0 Å². The van der Waals surface area contributed by atoms with Crippen molar-refractivity contribution in [3.05, 3.63) is 0 Å². The van der Waals surface area contributed by atoms with Crippen LogP contribution in [-0.2, 0) is 9.53 Å². The van der Waals surface area contributed by atoms with Gasteiger partial charge in [0.15, 0.2) is 6.29 Å². The van der Waals surface area contributed by atoms with Crippen LogP contribution in [0.25, 0.3) is 0 Å². The summed E-state index contributed by atoms with van der Waals surface area (Å²) < 4.78 is 7.53. The third-order valence-corrected chi connectivity index (χ3v) is 12.1. The maximum atomic E-state index is 13.4. The van der Waals surface area contributed by atoms with Crippen LogP contribution in [0.5, 0.6) is 0 Å². The van der Waals surface area contributed by atoms with Crippen LogP contribution >= 0.6 is 0 Å². The Bertz CT molecular complexity index is 799. The van der Waals surface area contributed by atoms with E-state index in [2.05, 4.69) is 86.1 Å². The number of carbonyl (C=O) groups is 1. The molecule has 0 aromatic heterocycles. The van der Waals surface area contributed by atoms with Crippen molar-refractivity contribution < 1.29 is 14.6 Å². The molecule has 1 atom stereocenters. The fourth-order valence-corrected chi connectivity index (χ4v) is 9.47. The SMILES string of the molecule is CCC(C)(CC)CC(O)CN(C)C1(OC2(C=O)CC(C)(C)N(C(C)(CC)CC)C(C)(C)C2)CCCCCCCCCCC1. The van der Waals surface area contributed by atoms with Gasteiger partial charge in [0.05, 0.1) is 6.10 Å². The van der Waals surface area contributed by atoms with Crippen LogP contribution < -0.4 is 0 Å². The number of rotatable bonds is 13. The van der Waals surface area contributed by atoms with Gasteiger partial charge in [0.25, 0.3) is 0 Å². The van der Waals surface area contributed by atoms with Gasteiger partial charge in [-0.2, -0.15) is 0 Å². The summed E-state index contributed by atoms with van der Waals surface area (Å²) in [7, 11) is 2.17. The van der Waals surface area contributed by atoms with E-state index < -0.39 is 17.4 Å². The normalized spacial score (nSPS) is 24.6. The quantitative estimate of drug-likeness (QED) is 0.167. The predicted octanol–water partition coefficient (Wildman–Crippen LogP) is 9.68. The molecule has 0 aromatic rings. The van der Waals surface area contributed by atoms with Gasteiger partial charge in [-0.1, -0.05) is 92.4 Å². The number of aliphatic hydroxyl groups excluding tert-OH is 1. The first-order valence-corrected chi connectivity index (χ1v) is 18.4. The minimum absolute atomic E-state index is 0.0546. The highest BCUT2D eigenvalue weighted by Crippen LogP contribution is 2.51. The molecule has 254 valence electrons. The maximum absolute atomic E-state index is 13.4. The third kappa shape index (κ3) is 9.75. The molecular formula is C38H74N2O3. The molecule has 1 heterocycles. The Kier molecular flexibility index (Phi) is 14.3. The van der Waals surface area contributed by atoms with E-state index in [-0.39, 0.29) is 22.0 Å². The van der Waals surface area contributed by atoms with E-state index >= 15 is 0 Å². The van der Waals surface area contributed by atoms with Crippen molar-refractivity contribution in [2.24, 2.45) is 5.41 Å². The van der Waals surface area contributed by atoms with Crippen molar-refractivity contribution >= 4 is 6.29 Å². The first kappa shape index (κ1) is 38.7. The molecule has 0 spiro atoms. The van der Waals surface area contributed by atoms with Crippen molar-refractivity contribution in [3.63, 3.8) is 0 Å². The van der Waals surface area contributed by atoms with Crippen molar-refractivity contribution in [1.29, 1.82) is 0 Å². The summed E-state index contributed by atoms with van der Waals surface area (Å²) in [5.74, 6) is 0. The number of likely N-dealkylation sites (tertiary alicyclic amines) is 1. The third-order valence-electron chi connectivity index (χ3n) is 12.1. The monoisotopic (exact) mass is 607 g/mol. The molecule has 1 saturated carbocycles. The lowest BCUT2D eigenvalue weighted by Gasteiger charge is -2.65. The van der Waals surface area contributed by atoms with Crippen LogP contribution in [0.2, 0.25) is 0 Å². The molecule has 1 unspecified atom stereocenters. The first-order chi connectivity index (χ1) is 20.0. The lowest BCUT2D eigenvalue weighted by atomic mass is 9.67. The molecule has 43 heavy (non-hydrogen) atoms. The summed E-state index contributed by atoms with van der Waals surface area (Å²) in [6.45, 7) is 23.7. The highest BCUT2D eigenvalue weighted by Gasteiger charge is 2.59. The summed E-state index contributed by atoms with van der Waals surface area (Å²) in [6.07, 6.45) is 20.2. The van der Waals surface area contributed by atoms with E-state index in [1.807, 2.05) is 0 Å². The molecule has 5 heteroatoms. The van der Waals surface area contributed by atoms with Gasteiger partial charge in [-0.05, 0) is 92.0 Å². The average Bonchev–Trinajstić information content (AvgIpc) is 2.92. The van der Waals surface area contributed by atoms with Crippen molar-refractivity contribution in [1.82, 2.24) is 9.80 Å². The lowest BCUT2D eigenvalue weighted by Crippen LogP contribution is -2.73. The van der Waals surface area contributed by atoms with E-state index in [1.54, 1.807) is 0 Å². The standard InChI is InChI=1S/C38H74N2O3/c1-12-35(9,13-2)27-32(42)28-39(11)38(25-23-21-19-17-16-18-20-22-24-26-38)43-37(31-41)29-33(5,6)40(34(7,8)30-37)36(10,14-3)15-4/h31-32,42H,12-30H2,1-11H3. The van der Waals surface area contributed by atoms with Gasteiger partial charge in [-0.3, -0.25) is 9.80 Å². The zero-order valence-corrected chi connectivity index (χ0v) is 30.7. The largest absolute Gasteiger partial charge is 0.392 e. The lowest BCUT2D eigenvalue weighted by molar-refractivity contribution is -0.265. The molecule has 2 fully saturated rings. The molecule has 0 amide bonds. The van der Waals surface area contributed by atoms with Gasteiger partial charge < -0.3 is 14.6 Å². The van der Waals surface area contributed by atoms with E-state index in [0.717, 1.165) is 57.8 Å². The van der Waals surface area contributed by atoms with Gasteiger partial charge in [0, 0.05) is 36.0 Å². The Morgan fingerprint density at radius 3 is 1.58 bits per heavy atom. The molecule has 0 bridgehead atoms. The van der Waals surface area contributed by atoms with Crippen LogP contribution in [0.4, 0.5) is 0 Å². The molecule has 2 aliphatic rings. The second kappa shape index (κ2) is 15.9. The van der Waals surface area contributed by atoms with Crippen LogP contribution in [0, 0.1) is 5.41 Å². The molecule has 0 radical (unpaired) electrons. The predicted molar refractivity (Wildman–Crippen MR) is 184 cm³/mol. The van der Waals surface area contributed by atoms with Crippen molar-refractivity contribution in [2.75, 3.05) is 13.6 Å². The number of ether oxygens (including phenoxy) is 1. The highest BCUT2D eigenvalue weighted by atomic mass is 16.5. The molecule has 1 saturated heterocycles. The van der Waals surface area contributed by atoms with Gasteiger partial charge in [0.2, 0.25) is 0 Å².